The number of halogens is 1. The summed E-state index contributed by atoms with van der Waals surface area (Å²) in [7, 11) is 0. The topological polar surface area (TPSA) is 70.8 Å². The van der Waals surface area contributed by atoms with Gasteiger partial charge in [-0.2, -0.15) is 0 Å². The van der Waals surface area contributed by atoms with Crippen LogP contribution in [0.15, 0.2) is 55.9 Å². The van der Waals surface area contributed by atoms with Gasteiger partial charge in [-0.15, -0.1) is 11.3 Å². The van der Waals surface area contributed by atoms with Crippen LogP contribution in [0.4, 0.5) is 0 Å². The van der Waals surface area contributed by atoms with E-state index in [0.29, 0.717) is 12.1 Å². The zero-order chi connectivity index (χ0) is 21.4. The number of unbranched alkanes of at least 4 members (excludes halogenated alkanes) is 2. The highest BCUT2D eigenvalue weighted by Gasteiger charge is 2.45. The van der Waals surface area contributed by atoms with Crippen LogP contribution in [0.25, 0.3) is 11.0 Å². The smallest absolute Gasteiger partial charge is 0.290 e. The van der Waals surface area contributed by atoms with Gasteiger partial charge in [-0.05, 0) is 54.6 Å². The molecule has 1 N–H and O–H groups in total. The number of carbonyl (C=O) groups excluding carboxylic acids is 2. The zero-order valence-corrected chi connectivity index (χ0v) is 19.2. The van der Waals surface area contributed by atoms with E-state index in [0.717, 1.165) is 39.6 Å². The van der Waals surface area contributed by atoms with Crippen molar-refractivity contribution in [3.05, 3.63) is 67.7 Å². The maximum Gasteiger partial charge on any atom is 0.290 e. The van der Waals surface area contributed by atoms with Crippen LogP contribution in [0.1, 0.15) is 53.2 Å². The van der Waals surface area contributed by atoms with Crippen molar-refractivity contribution in [2.45, 2.75) is 39.2 Å². The number of thiophene rings is 1. The molecule has 30 heavy (non-hydrogen) atoms. The summed E-state index contributed by atoms with van der Waals surface area (Å²) >= 11 is 4.91. The highest BCUT2D eigenvalue weighted by Crippen LogP contribution is 2.42. The summed E-state index contributed by atoms with van der Waals surface area (Å²) in [6.07, 6.45) is 2.81. The summed E-state index contributed by atoms with van der Waals surface area (Å²) in [5.41, 5.74) is 1.67. The minimum absolute atomic E-state index is 0.0974. The van der Waals surface area contributed by atoms with Gasteiger partial charge < -0.3 is 14.4 Å². The van der Waals surface area contributed by atoms with E-state index in [1.54, 1.807) is 17.0 Å². The normalized spacial score (nSPS) is 16.8. The fourth-order valence-corrected chi connectivity index (χ4v) is 5.27. The van der Waals surface area contributed by atoms with Crippen molar-refractivity contribution in [3.63, 3.8) is 0 Å². The van der Waals surface area contributed by atoms with Crippen molar-refractivity contribution in [2.75, 3.05) is 6.54 Å². The SMILES string of the molecule is CCCCCN1C(=O)C(O)=C(C(=O)c2cc3cc(Br)ccc3o2)C1c1sccc1C. The van der Waals surface area contributed by atoms with E-state index in [4.69, 9.17) is 4.42 Å². The van der Waals surface area contributed by atoms with Gasteiger partial charge in [0.15, 0.2) is 11.5 Å². The quantitative estimate of drug-likeness (QED) is 0.312. The summed E-state index contributed by atoms with van der Waals surface area (Å²) in [6.45, 7) is 4.54. The Balaban J connectivity index is 1.77. The number of Topliss-reactive ketones (excluding diaryl/α,β-unsaturated/α-hetero) is 1. The molecule has 0 radical (unpaired) electrons. The molecule has 156 valence electrons. The van der Waals surface area contributed by atoms with Crippen LogP contribution in [-0.2, 0) is 4.79 Å². The first kappa shape index (κ1) is 20.9. The van der Waals surface area contributed by atoms with Crippen LogP contribution < -0.4 is 0 Å². The second kappa shape index (κ2) is 8.40. The first-order valence-corrected chi connectivity index (χ1v) is 11.6. The molecule has 0 saturated carbocycles. The lowest BCUT2D eigenvalue weighted by atomic mass is 9.98. The van der Waals surface area contributed by atoms with Gasteiger partial charge in [-0.3, -0.25) is 9.59 Å². The van der Waals surface area contributed by atoms with Crippen molar-refractivity contribution >= 4 is 49.9 Å². The van der Waals surface area contributed by atoms with Crippen LogP contribution in [0.3, 0.4) is 0 Å². The van der Waals surface area contributed by atoms with Gasteiger partial charge in [-0.1, -0.05) is 35.7 Å². The third-order valence-corrected chi connectivity index (χ3v) is 6.97. The molecular weight excluding hydrogens is 466 g/mol. The number of aliphatic hydroxyl groups excluding tert-OH is 1. The number of furan rings is 1. The maximum atomic E-state index is 13.5. The highest BCUT2D eigenvalue weighted by molar-refractivity contribution is 9.10. The van der Waals surface area contributed by atoms with E-state index >= 15 is 0 Å². The van der Waals surface area contributed by atoms with Crippen molar-refractivity contribution in [3.8, 4) is 0 Å². The van der Waals surface area contributed by atoms with E-state index in [1.807, 2.05) is 30.5 Å². The van der Waals surface area contributed by atoms with E-state index in [9.17, 15) is 14.7 Å². The predicted molar refractivity (Wildman–Crippen MR) is 121 cm³/mol. The van der Waals surface area contributed by atoms with Crippen LogP contribution in [-0.4, -0.2) is 28.2 Å². The van der Waals surface area contributed by atoms with Gasteiger partial charge in [-0.25, -0.2) is 0 Å². The second-order valence-corrected chi connectivity index (χ2v) is 9.32. The number of hydrogen-bond acceptors (Lipinski definition) is 5. The Hall–Kier alpha value is -2.38. The Labute approximate surface area is 187 Å². The number of aryl methyl sites for hydroxylation is 1. The van der Waals surface area contributed by atoms with E-state index in [1.165, 1.54) is 11.3 Å². The molecule has 0 bridgehead atoms. The molecule has 7 heteroatoms. The number of fused-ring (bicyclic) bond motifs is 1. The van der Waals surface area contributed by atoms with E-state index in [-0.39, 0.29) is 11.3 Å². The van der Waals surface area contributed by atoms with Crippen molar-refractivity contribution in [1.82, 2.24) is 4.90 Å². The Morgan fingerprint density at radius 2 is 2.07 bits per heavy atom. The fourth-order valence-electron chi connectivity index (χ4n) is 3.84. The van der Waals surface area contributed by atoms with E-state index < -0.39 is 23.5 Å². The number of rotatable bonds is 7. The molecule has 3 aromatic rings. The number of nitrogens with zero attached hydrogens (tertiary/aromatic N) is 1. The molecule has 1 aliphatic rings. The molecule has 1 unspecified atom stereocenters. The maximum absolute atomic E-state index is 13.5. The summed E-state index contributed by atoms with van der Waals surface area (Å²) in [5.74, 6) is -1.31. The Morgan fingerprint density at radius 1 is 1.27 bits per heavy atom. The van der Waals surface area contributed by atoms with Crippen molar-refractivity contribution < 1.29 is 19.1 Å². The number of ketones is 1. The third-order valence-electron chi connectivity index (χ3n) is 5.40. The molecule has 1 aromatic carbocycles. The first-order valence-electron chi connectivity index (χ1n) is 9.94. The highest BCUT2D eigenvalue weighted by atomic mass is 79.9. The Morgan fingerprint density at radius 3 is 2.77 bits per heavy atom. The molecule has 3 heterocycles. The number of hydrogen-bond donors (Lipinski definition) is 1. The zero-order valence-electron chi connectivity index (χ0n) is 16.8. The Kier molecular flexibility index (Phi) is 5.84. The van der Waals surface area contributed by atoms with Crippen LogP contribution in [0.2, 0.25) is 0 Å². The lowest BCUT2D eigenvalue weighted by molar-refractivity contribution is -0.129. The molecule has 0 spiro atoms. The van der Waals surface area contributed by atoms with Gasteiger partial charge >= 0.3 is 0 Å². The third kappa shape index (κ3) is 3.61. The molecule has 1 amide bonds. The minimum atomic E-state index is -0.596. The average Bonchev–Trinajstić information content (AvgIpc) is 3.39. The predicted octanol–water partition coefficient (Wildman–Crippen LogP) is 6.33. The van der Waals surface area contributed by atoms with E-state index in [2.05, 4.69) is 22.9 Å². The van der Waals surface area contributed by atoms with Crippen molar-refractivity contribution in [1.29, 1.82) is 0 Å². The summed E-state index contributed by atoms with van der Waals surface area (Å²) < 4.78 is 6.65. The second-order valence-electron chi connectivity index (χ2n) is 7.46. The standard InChI is InChI=1S/C23H22BrNO4S/c1-3-4-5-9-25-19(22-13(2)8-10-30-22)18(21(27)23(25)28)20(26)17-12-14-11-15(24)6-7-16(14)29-17/h6-8,10-12,19,27H,3-5,9H2,1-2H3. The molecule has 5 nitrogen and oxygen atoms in total. The summed E-state index contributed by atoms with van der Waals surface area (Å²) in [5, 5.41) is 13.4. The summed E-state index contributed by atoms with van der Waals surface area (Å²) in [4.78, 5) is 28.9. The van der Waals surface area contributed by atoms with Crippen molar-refractivity contribution in [2.24, 2.45) is 0 Å². The van der Waals surface area contributed by atoms with Gasteiger partial charge in [0.1, 0.15) is 5.58 Å². The number of aliphatic hydroxyl groups is 1. The number of carbonyl (C=O) groups is 2. The lowest BCUT2D eigenvalue weighted by Gasteiger charge is -2.26. The van der Waals surface area contributed by atoms with Gasteiger partial charge in [0.25, 0.3) is 5.91 Å². The van der Waals surface area contributed by atoms with Gasteiger partial charge in [0, 0.05) is 21.3 Å². The largest absolute Gasteiger partial charge is 0.503 e. The number of benzene rings is 1. The lowest BCUT2D eigenvalue weighted by Crippen LogP contribution is -2.32. The molecule has 1 aliphatic heterocycles. The van der Waals surface area contributed by atoms with Crippen LogP contribution in [0.5, 0.6) is 0 Å². The monoisotopic (exact) mass is 487 g/mol. The van der Waals surface area contributed by atoms with Gasteiger partial charge in [0.05, 0.1) is 11.6 Å². The average molecular weight is 488 g/mol. The molecule has 1 atom stereocenters. The number of amides is 1. The Bertz CT molecular complexity index is 1160. The minimum Gasteiger partial charge on any atom is -0.503 e. The first-order chi connectivity index (χ1) is 14.4. The van der Waals surface area contributed by atoms with Crippen LogP contribution >= 0.6 is 27.3 Å². The molecule has 2 aromatic heterocycles. The molecule has 4 rings (SSSR count). The van der Waals surface area contributed by atoms with Gasteiger partial charge in [0.2, 0.25) is 5.78 Å². The van der Waals surface area contributed by atoms with Crippen LogP contribution in [0, 0.1) is 6.92 Å². The molecule has 0 aliphatic carbocycles. The summed E-state index contributed by atoms with van der Waals surface area (Å²) in [6, 6.07) is 8.50. The molecule has 0 fully saturated rings. The molecular formula is C23H22BrNO4S. The fraction of sp³-hybridized carbons (Fsp3) is 0.304. The molecule has 0 saturated heterocycles.